The lowest BCUT2D eigenvalue weighted by Crippen LogP contribution is -2.32. The van der Waals surface area contributed by atoms with Crippen LogP contribution in [0, 0.1) is 0 Å². The molecule has 17 heavy (non-hydrogen) atoms. The first kappa shape index (κ1) is 14.0. The fourth-order valence-electron chi connectivity index (χ4n) is 1.31. The molecular weight excluding hydrogens is 239 g/mol. The highest BCUT2D eigenvalue weighted by molar-refractivity contribution is 6.58. The van der Waals surface area contributed by atoms with Crippen LogP contribution >= 0.6 is 0 Å². The number of hydrogen-bond donors (Lipinski definition) is 2. The molecule has 2 nitrogen and oxygen atoms in total. The normalized spacial score (nSPS) is 12.7. The summed E-state index contributed by atoms with van der Waals surface area (Å²) in [6.07, 6.45) is 0. The Morgan fingerprint density at radius 2 is 1.24 bits per heavy atom. The van der Waals surface area contributed by atoms with Crippen LogP contribution in [0.25, 0.3) is 0 Å². The van der Waals surface area contributed by atoms with Crippen LogP contribution in [0.5, 0.6) is 0 Å². The quantitative estimate of drug-likeness (QED) is 0.631. The van der Waals surface area contributed by atoms with Crippen LogP contribution in [-0.2, 0) is 11.8 Å². The summed E-state index contributed by atoms with van der Waals surface area (Å²) in [6.45, 7) is 1.10. The zero-order chi connectivity index (χ0) is 13.4. The molecule has 1 rings (SSSR count). The monoisotopic (exact) mass is 250 g/mol. The number of hydrogen-bond acceptors (Lipinski definition) is 2. The van der Waals surface area contributed by atoms with Gasteiger partial charge in [0, 0.05) is 25.0 Å². The maximum absolute atomic E-state index is 13.1. The third-order valence-corrected chi connectivity index (χ3v) is 2.27. The van der Waals surface area contributed by atoms with E-state index in [1.807, 2.05) is 0 Å². The largest absolute Gasteiger partial charge is 0.488 e. The molecule has 0 bridgehead atoms. The Morgan fingerprint density at radius 1 is 0.882 bits per heavy atom. The van der Waals surface area contributed by atoms with Gasteiger partial charge in [-0.15, -0.1) is 0 Å². The molecule has 0 heterocycles. The van der Waals surface area contributed by atoms with Gasteiger partial charge in [0.15, 0.2) is 0 Å². The van der Waals surface area contributed by atoms with Crippen molar-refractivity contribution in [2.75, 3.05) is 0 Å². The van der Waals surface area contributed by atoms with Crippen LogP contribution in [0.2, 0.25) is 0 Å². The van der Waals surface area contributed by atoms with Crippen molar-refractivity contribution in [2.45, 2.75) is 25.7 Å². The molecule has 0 saturated carbocycles. The van der Waals surface area contributed by atoms with Gasteiger partial charge in [-0.2, -0.15) is 0 Å². The van der Waals surface area contributed by atoms with E-state index in [2.05, 4.69) is 0 Å². The van der Waals surface area contributed by atoms with Crippen molar-refractivity contribution in [3.05, 3.63) is 29.3 Å². The average molecular weight is 250 g/mol. The average Bonchev–Trinajstić information content (AvgIpc) is 2.14. The SMILES string of the molecule is CC(F)(F)c1cc(B(O)O)cc(C(C)(F)F)c1. The van der Waals surface area contributed by atoms with Crippen LogP contribution in [0.3, 0.4) is 0 Å². The van der Waals surface area contributed by atoms with E-state index in [4.69, 9.17) is 10.0 Å². The lowest BCUT2D eigenvalue weighted by atomic mass is 9.77. The smallest absolute Gasteiger partial charge is 0.423 e. The molecule has 94 valence electrons. The predicted octanol–water partition coefficient (Wildman–Crippen LogP) is 1.59. The zero-order valence-electron chi connectivity index (χ0n) is 9.22. The van der Waals surface area contributed by atoms with Crippen LogP contribution in [-0.4, -0.2) is 17.2 Å². The molecule has 1 aromatic carbocycles. The van der Waals surface area contributed by atoms with E-state index in [0.29, 0.717) is 19.9 Å². The Balaban J connectivity index is 3.40. The van der Waals surface area contributed by atoms with Crippen molar-refractivity contribution in [2.24, 2.45) is 0 Å². The summed E-state index contributed by atoms with van der Waals surface area (Å²) >= 11 is 0. The van der Waals surface area contributed by atoms with Crippen LogP contribution < -0.4 is 5.46 Å². The van der Waals surface area contributed by atoms with E-state index >= 15 is 0 Å². The molecule has 0 aliphatic heterocycles. The lowest BCUT2D eigenvalue weighted by Gasteiger charge is -2.17. The second-order valence-corrected chi connectivity index (χ2v) is 3.99. The maximum Gasteiger partial charge on any atom is 0.488 e. The summed E-state index contributed by atoms with van der Waals surface area (Å²) in [5.74, 6) is -6.66. The standard InChI is InChI=1S/C10H11BF4O2/c1-9(12,13)6-3-7(10(2,14)15)5-8(4-6)11(16)17/h3-5,16-17H,1-2H3. The van der Waals surface area contributed by atoms with Crippen molar-refractivity contribution in [1.82, 2.24) is 0 Å². The van der Waals surface area contributed by atoms with E-state index in [0.717, 1.165) is 12.1 Å². The van der Waals surface area contributed by atoms with Gasteiger partial charge in [-0.3, -0.25) is 0 Å². The number of halogens is 4. The highest BCUT2D eigenvalue weighted by Crippen LogP contribution is 2.32. The number of benzene rings is 1. The first-order chi connectivity index (χ1) is 7.51. The molecule has 0 spiro atoms. The minimum absolute atomic E-state index is 0.388. The lowest BCUT2D eigenvalue weighted by molar-refractivity contribution is 0.0107. The second kappa shape index (κ2) is 4.31. The third-order valence-electron chi connectivity index (χ3n) is 2.27. The van der Waals surface area contributed by atoms with Gasteiger partial charge in [0.05, 0.1) is 0 Å². The van der Waals surface area contributed by atoms with E-state index in [9.17, 15) is 17.6 Å². The van der Waals surface area contributed by atoms with Crippen molar-refractivity contribution < 1.29 is 27.6 Å². The van der Waals surface area contributed by atoms with Gasteiger partial charge in [-0.1, -0.05) is 12.1 Å². The summed E-state index contributed by atoms with van der Waals surface area (Å²) in [5.41, 5.74) is -1.75. The second-order valence-electron chi connectivity index (χ2n) is 3.99. The summed E-state index contributed by atoms with van der Waals surface area (Å²) in [7, 11) is -2.07. The molecule has 0 saturated heterocycles. The molecule has 0 atom stereocenters. The molecule has 1 aromatic rings. The van der Waals surface area contributed by atoms with Crippen molar-refractivity contribution in [3.63, 3.8) is 0 Å². The van der Waals surface area contributed by atoms with Crippen LogP contribution in [0.15, 0.2) is 18.2 Å². The summed E-state index contributed by atoms with van der Waals surface area (Å²) in [5, 5.41) is 17.7. The zero-order valence-corrected chi connectivity index (χ0v) is 9.22. The maximum atomic E-state index is 13.1. The molecule has 0 aliphatic rings. The van der Waals surface area contributed by atoms with Gasteiger partial charge in [-0.05, 0) is 11.5 Å². The number of alkyl halides is 4. The summed E-state index contributed by atoms with van der Waals surface area (Å²) < 4.78 is 52.2. The molecule has 0 fully saturated rings. The van der Waals surface area contributed by atoms with Gasteiger partial charge < -0.3 is 10.0 Å². The van der Waals surface area contributed by atoms with Gasteiger partial charge in [0.25, 0.3) is 11.8 Å². The van der Waals surface area contributed by atoms with E-state index < -0.39 is 30.1 Å². The Kier molecular flexibility index (Phi) is 3.54. The Labute approximate surface area is 96.0 Å². The fraction of sp³-hybridized carbons (Fsp3) is 0.400. The summed E-state index contributed by atoms with van der Waals surface area (Å²) in [6, 6.07) is 2.24. The molecule has 2 N–H and O–H groups in total. The molecule has 0 aliphatic carbocycles. The molecule has 0 amide bonds. The van der Waals surface area contributed by atoms with Gasteiger partial charge in [0.1, 0.15) is 0 Å². The van der Waals surface area contributed by atoms with Crippen molar-refractivity contribution in [1.29, 1.82) is 0 Å². The molecule has 0 aromatic heterocycles. The minimum Gasteiger partial charge on any atom is -0.423 e. The predicted molar refractivity (Wildman–Crippen MR) is 55.4 cm³/mol. The Bertz CT molecular complexity index is 377. The van der Waals surface area contributed by atoms with Gasteiger partial charge >= 0.3 is 7.12 Å². The van der Waals surface area contributed by atoms with E-state index in [-0.39, 0.29) is 5.46 Å². The fourth-order valence-corrected chi connectivity index (χ4v) is 1.31. The van der Waals surface area contributed by atoms with E-state index in [1.54, 1.807) is 0 Å². The summed E-state index contributed by atoms with van der Waals surface area (Å²) in [4.78, 5) is 0. The topological polar surface area (TPSA) is 40.5 Å². The highest BCUT2D eigenvalue weighted by atomic mass is 19.3. The minimum atomic E-state index is -3.33. The van der Waals surface area contributed by atoms with Gasteiger partial charge in [0.2, 0.25) is 0 Å². The van der Waals surface area contributed by atoms with Crippen LogP contribution in [0.4, 0.5) is 17.6 Å². The molecule has 0 unspecified atom stereocenters. The van der Waals surface area contributed by atoms with Crippen molar-refractivity contribution in [3.8, 4) is 0 Å². The first-order valence-electron chi connectivity index (χ1n) is 4.79. The molecule has 0 radical (unpaired) electrons. The van der Waals surface area contributed by atoms with E-state index in [1.165, 1.54) is 0 Å². The Morgan fingerprint density at radius 3 is 1.47 bits per heavy atom. The third kappa shape index (κ3) is 3.44. The molecular formula is C10H11BF4O2. The molecule has 7 heteroatoms. The highest BCUT2D eigenvalue weighted by Gasteiger charge is 2.32. The van der Waals surface area contributed by atoms with Gasteiger partial charge in [-0.25, -0.2) is 17.6 Å². The Hall–Kier alpha value is -1.08. The number of rotatable bonds is 3. The first-order valence-corrected chi connectivity index (χ1v) is 4.79. The van der Waals surface area contributed by atoms with Crippen LogP contribution in [0.1, 0.15) is 25.0 Å². The van der Waals surface area contributed by atoms with Crippen molar-refractivity contribution >= 4 is 12.6 Å².